The van der Waals surface area contributed by atoms with Gasteiger partial charge in [-0.3, -0.25) is 10.1 Å². The van der Waals surface area contributed by atoms with Crippen molar-refractivity contribution >= 4 is 58.6 Å². The Labute approximate surface area is 135 Å². The highest BCUT2D eigenvalue weighted by Gasteiger charge is 2.60. The Morgan fingerprint density at radius 1 is 1.55 bits per heavy atom. The zero-order valence-electron chi connectivity index (χ0n) is 10.7. The molecule has 2 rings (SSSR count). The third kappa shape index (κ3) is 3.06. The number of carbonyl (C=O) groups excluding carboxylic acids is 2. The van der Waals surface area contributed by atoms with Crippen molar-refractivity contribution in [2.75, 3.05) is 6.61 Å². The number of hydrogen-bond donors (Lipinski definition) is 2. The lowest BCUT2D eigenvalue weighted by Crippen LogP contribution is -2.70. The summed E-state index contributed by atoms with van der Waals surface area (Å²) in [6.45, 7) is 3.45. The number of halogens is 3. The Morgan fingerprint density at radius 2 is 2.15 bits per heavy atom. The van der Waals surface area contributed by atoms with Crippen molar-refractivity contribution in [2.45, 2.75) is 40.0 Å². The monoisotopic (exact) mass is 361 g/mol. The quantitative estimate of drug-likeness (QED) is 0.573. The Bertz CT molecular complexity index is 443. The first kappa shape index (κ1) is 16.3. The summed E-state index contributed by atoms with van der Waals surface area (Å²) >= 11 is 18.0. The highest BCUT2D eigenvalue weighted by Crippen LogP contribution is 2.49. The molecule has 3 atom stereocenters. The lowest BCUT2D eigenvalue weighted by atomic mass is 10.0. The van der Waals surface area contributed by atoms with Crippen LogP contribution in [-0.4, -0.2) is 49.6 Å². The number of β-lactam (4-membered cyclic amide) rings is 1. The maximum absolute atomic E-state index is 11.8. The topological polar surface area (TPSA) is 84.7 Å². The van der Waals surface area contributed by atoms with Crippen LogP contribution in [-0.2, 0) is 9.53 Å². The SMILES string of the molecule is CC1(C)S[C@@H]2[C@H](N)C(=O)N2C1NC(=O)OCC(Cl)(Cl)Cl. The lowest BCUT2D eigenvalue weighted by Gasteiger charge is -2.42. The molecule has 2 aliphatic rings. The number of amides is 2. The molecule has 0 aromatic rings. The van der Waals surface area contributed by atoms with Crippen LogP contribution in [0.4, 0.5) is 4.79 Å². The fourth-order valence-corrected chi connectivity index (χ4v) is 3.86. The van der Waals surface area contributed by atoms with E-state index in [1.807, 2.05) is 13.8 Å². The van der Waals surface area contributed by atoms with Crippen molar-refractivity contribution in [3.8, 4) is 0 Å². The Morgan fingerprint density at radius 3 is 2.70 bits per heavy atom. The van der Waals surface area contributed by atoms with Crippen LogP contribution in [0.25, 0.3) is 0 Å². The van der Waals surface area contributed by atoms with Gasteiger partial charge in [0.1, 0.15) is 24.2 Å². The number of fused-ring (bicyclic) bond motifs is 1. The van der Waals surface area contributed by atoms with E-state index in [0.717, 1.165) is 0 Å². The van der Waals surface area contributed by atoms with Gasteiger partial charge in [-0.2, -0.15) is 0 Å². The highest BCUT2D eigenvalue weighted by molar-refractivity contribution is 8.01. The van der Waals surface area contributed by atoms with Crippen molar-refractivity contribution in [1.82, 2.24) is 10.2 Å². The zero-order valence-corrected chi connectivity index (χ0v) is 13.8. The summed E-state index contributed by atoms with van der Waals surface area (Å²) in [5.74, 6) is -0.195. The minimum atomic E-state index is -1.67. The van der Waals surface area contributed by atoms with Crippen LogP contribution < -0.4 is 11.1 Å². The average molecular weight is 363 g/mol. The van der Waals surface area contributed by atoms with Gasteiger partial charge in [-0.1, -0.05) is 34.8 Å². The molecule has 0 spiro atoms. The molecule has 20 heavy (non-hydrogen) atoms. The smallest absolute Gasteiger partial charge is 0.408 e. The minimum Gasteiger partial charge on any atom is -0.445 e. The number of nitrogens with zero attached hydrogens (tertiary/aromatic N) is 1. The molecule has 0 aromatic heterocycles. The maximum atomic E-state index is 11.8. The van der Waals surface area contributed by atoms with E-state index >= 15 is 0 Å². The number of rotatable bonds is 2. The van der Waals surface area contributed by atoms with Crippen molar-refractivity contribution in [3.63, 3.8) is 0 Å². The molecule has 0 bridgehead atoms. The van der Waals surface area contributed by atoms with E-state index in [0.29, 0.717) is 0 Å². The van der Waals surface area contributed by atoms with E-state index in [-0.39, 0.29) is 22.6 Å². The first-order valence-corrected chi connectivity index (χ1v) is 7.80. The Balaban J connectivity index is 1.98. The van der Waals surface area contributed by atoms with Crippen LogP contribution in [0, 0.1) is 0 Å². The second kappa shape index (κ2) is 5.28. The minimum absolute atomic E-state index is 0.129. The molecule has 3 N–H and O–H groups in total. The molecule has 114 valence electrons. The second-order valence-electron chi connectivity index (χ2n) is 5.12. The number of hydrogen-bond acceptors (Lipinski definition) is 5. The molecule has 0 aliphatic carbocycles. The van der Waals surface area contributed by atoms with E-state index < -0.39 is 22.1 Å². The van der Waals surface area contributed by atoms with Crippen LogP contribution in [0.15, 0.2) is 0 Å². The summed E-state index contributed by atoms with van der Waals surface area (Å²) in [6, 6.07) is -0.525. The fraction of sp³-hybridized carbons (Fsp3) is 0.800. The molecule has 10 heteroatoms. The van der Waals surface area contributed by atoms with Gasteiger partial charge in [0.2, 0.25) is 9.70 Å². The summed E-state index contributed by atoms with van der Waals surface area (Å²) < 4.78 is 2.75. The molecular weight excluding hydrogens is 349 g/mol. The van der Waals surface area contributed by atoms with Gasteiger partial charge in [-0.05, 0) is 13.8 Å². The molecular formula is C10H14Cl3N3O3S. The van der Waals surface area contributed by atoms with Gasteiger partial charge in [0.15, 0.2) is 0 Å². The van der Waals surface area contributed by atoms with E-state index in [9.17, 15) is 9.59 Å². The summed E-state index contributed by atoms with van der Waals surface area (Å²) in [6.07, 6.45) is -1.25. The van der Waals surface area contributed by atoms with E-state index in [2.05, 4.69) is 5.32 Å². The third-order valence-electron chi connectivity index (χ3n) is 3.10. The summed E-state index contributed by atoms with van der Waals surface area (Å²) in [4.78, 5) is 25.0. The Kier molecular flexibility index (Phi) is 4.30. The van der Waals surface area contributed by atoms with Crippen molar-refractivity contribution in [1.29, 1.82) is 0 Å². The van der Waals surface area contributed by atoms with Crippen LogP contribution >= 0.6 is 46.6 Å². The maximum Gasteiger partial charge on any atom is 0.408 e. The largest absolute Gasteiger partial charge is 0.445 e. The predicted octanol–water partition coefficient (Wildman–Crippen LogP) is 1.43. The fourth-order valence-electron chi connectivity index (χ4n) is 2.17. The molecule has 2 saturated heterocycles. The van der Waals surface area contributed by atoms with Crippen molar-refractivity contribution in [3.05, 3.63) is 0 Å². The summed E-state index contributed by atoms with van der Waals surface area (Å²) in [5.41, 5.74) is 5.73. The van der Waals surface area contributed by atoms with Crippen molar-refractivity contribution in [2.24, 2.45) is 5.73 Å². The van der Waals surface area contributed by atoms with E-state index in [4.69, 9.17) is 45.3 Å². The van der Waals surface area contributed by atoms with Gasteiger partial charge in [0, 0.05) is 0 Å². The normalized spacial score (nSPS) is 31.6. The third-order valence-corrected chi connectivity index (χ3v) is 5.02. The molecule has 2 aliphatic heterocycles. The van der Waals surface area contributed by atoms with Crippen LogP contribution in [0.1, 0.15) is 13.8 Å². The number of alkyl halides is 3. The molecule has 6 nitrogen and oxygen atoms in total. The molecule has 0 aromatic carbocycles. The van der Waals surface area contributed by atoms with E-state index in [1.54, 1.807) is 4.90 Å². The molecule has 1 unspecified atom stereocenters. The zero-order chi connectivity index (χ0) is 15.3. The second-order valence-corrected chi connectivity index (χ2v) is 9.41. The summed E-state index contributed by atoms with van der Waals surface area (Å²) in [5, 5.41) is 2.49. The van der Waals surface area contributed by atoms with Gasteiger partial charge >= 0.3 is 6.09 Å². The van der Waals surface area contributed by atoms with Crippen LogP contribution in [0.2, 0.25) is 0 Å². The number of nitrogens with two attached hydrogens (primary N) is 1. The number of thioether (sulfide) groups is 1. The van der Waals surface area contributed by atoms with Gasteiger partial charge in [0.05, 0.1) is 4.75 Å². The predicted molar refractivity (Wildman–Crippen MR) is 78.8 cm³/mol. The number of carbonyl (C=O) groups is 2. The summed E-state index contributed by atoms with van der Waals surface area (Å²) in [7, 11) is 0. The van der Waals surface area contributed by atoms with E-state index in [1.165, 1.54) is 11.8 Å². The van der Waals surface area contributed by atoms with Crippen LogP contribution in [0.3, 0.4) is 0 Å². The number of ether oxygens (including phenoxy) is 1. The Hall–Kier alpha value is -0.0800. The van der Waals surface area contributed by atoms with Gasteiger partial charge in [0.25, 0.3) is 0 Å². The standard InChI is InChI=1S/C10H14Cl3N3O3S/c1-9(2)7(15-8(18)19-3-10(11,12)13)16-5(17)4(14)6(16)20-9/h4,6-7H,3,14H2,1-2H3,(H,15,18)/t4-,6-,7?/m1/s1. The van der Waals surface area contributed by atoms with Gasteiger partial charge in [-0.25, -0.2) is 4.79 Å². The first-order valence-electron chi connectivity index (χ1n) is 5.78. The lowest BCUT2D eigenvalue weighted by molar-refractivity contribution is -0.147. The average Bonchev–Trinajstić information content (AvgIpc) is 2.55. The van der Waals surface area contributed by atoms with Crippen LogP contribution in [0.5, 0.6) is 0 Å². The van der Waals surface area contributed by atoms with Gasteiger partial charge < -0.3 is 15.4 Å². The number of alkyl carbamates (subject to hydrolysis) is 1. The van der Waals surface area contributed by atoms with Crippen molar-refractivity contribution < 1.29 is 14.3 Å². The molecule has 2 fully saturated rings. The highest BCUT2D eigenvalue weighted by atomic mass is 35.6. The molecule has 2 heterocycles. The molecule has 2 amide bonds. The molecule has 0 radical (unpaired) electrons. The first-order chi connectivity index (χ1) is 9.03. The van der Waals surface area contributed by atoms with Gasteiger partial charge in [-0.15, -0.1) is 11.8 Å². The molecule has 0 saturated carbocycles. The number of nitrogens with one attached hydrogen (secondary N) is 1.